The number of benzene rings is 1. The van der Waals surface area contributed by atoms with E-state index in [-0.39, 0.29) is 0 Å². The minimum Gasteiger partial charge on any atom is -0.508 e. The molecule has 1 aromatic carbocycles. The molecule has 1 aliphatic heterocycles. The smallest absolute Gasteiger partial charge is 0.206 e. The van der Waals surface area contributed by atoms with Crippen LogP contribution in [0.25, 0.3) is 11.0 Å². The van der Waals surface area contributed by atoms with Crippen molar-refractivity contribution in [2.75, 3.05) is 38.1 Å². The Labute approximate surface area is 125 Å². The van der Waals surface area contributed by atoms with E-state index in [0.29, 0.717) is 5.75 Å². The van der Waals surface area contributed by atoms with Crippen LogP contribution in [0.1, 0.15) is 19.8 Å². The number of fused-ring (bicyclic) bond motifs is 1. The van der Waals surface area contributed by atoms with Gasteiger partial charge in [0.15, 0.2) is 0 Å². The number of phenolic OH excluding ortho intramolecular Hbond substituents is 1. The summed E-state index contributed by atoms with van der Waals surface area (Å²) < 4.78 is 2.27. The summed E-state index contributed by atoms with van der Waals surface area (Å²) in [5.41, 5.74) is 2.01. The number of phenols is 1. The SMILES string of the molecule is CCCCn1c(N2CCN(C)CC2)nc2ccc(O)cc21. The third kappa shape index (κ3) is 2.83. The number of hydrogen-bond donors (Lipinski definition) is 1. The standard InChI is InChI=1S/C16H24N4O/c1-3-4-7-20-15-12-13(21)5-6-14(15)17-16(20)19-10-8-18(2)9-11-19/h5-6,12,21H,3-4,7-11H2,1-2H3. The van der Waals surface area contributed by atoms with Crippen LogP contribution in [0.4, 0.5) is 5.95 Å². The molecule has 0 radical (unpaired) electrons. The fraction of sp³-hybridized carbons (Fsp3) is 0.562. The molecule has 0 aliphatic carbocycles. The Bertz CT molecular complexity index is 614. The molecule has 0 amide bonds. The predicted octanol–water partition coefficient (Wildman–Crippen LogP) is 2.29. The van der Waals surface area contributed by atoms with Crippen LogP contribution in [-0.4, -0.2) is 52.8 Å². The van der Waals surface area contributed by atoms with Crippen LogP contribution in [0.3, 0.4) is 0 Å². The number of aryl methyl sites for hydroxylation is 1. The molecule has 3 rings (SSSR count). The average Bonchev–Trinajstić information content (AvgIpc) is 2.83. The second-order valence-electron chi connectivity index (χ2n) is 5.88. The molecule has 1 fully saturated rings. The number of hydrogen-bond acceptors (Lipinski definition) is 4. The molecule has 5 heteroatoms. The van der Waals surface area contributed by atoms with Gasteiger partial charge < -0.3 is 19.5 Å². The molecule has 1 saturated heterocycles. The van der Waals surface area contributed by atoms with E-state index in [9.17, 15) is 5.11 Å². The van der Waals surface area contributed by atoms with Gasteiger partial charge in [0.05, 0.1) is 11.0 Å². The summed E-state index contributed by atoms with van der Waals surface area (Å²) in [5, 5.41) is 9.77. The van der Waals surface area contributed by atoms with Gasteiger partial charge in [-0.25, -0.2) is 4.98 Å². The fourth-order valence-corrected chi connectivity index (χ4v) is 2.88. The predicted molar refractivity (Wildman–Crippen MR) is 86.0 cm³/mol. The van der Waals surface area contributed by atoms with E-state index in [4.69, 9.17) is 4.98 Å². The fourth-order valence-electron chi connectivity index (χ4n) is 2.88. The van der Waals surface area contributed by atoms with Gasteiger partial charge >= 0.3 is 0 Å². The summed E-state index contributed by atoms with van der Waals surface area (Å²) in [6.45, 7) is 7.32. The average molecular weight is 288 g/mol. The zero-order valence-corrected chi connectivity index (χ0v) is 12.9. The number of rotatable bonds is 4. The number of aromatic hydroxyl groups is 1. The highest BCUT2D eigenvalue weighted by molar-refractivity contribution is 5.80. The lowest BCUT2D eigenvalue weighted by Crippen LogP contribution is -2.45. The molecule has 114 valence electrons. The van der Waals surface area contributed by atoms with E-state index in [1.807, 2.05) is 12.1 Å². The molecular weight excluding hydrogens is 264 g/mol. The maximum atomic E-state index is 9.77. The third-order valence-corrected chi connectivity index (χ3v) is 4.23. The van der Waals surface area contributed by atoms with E-state index in [1.165, 1.54) is 0 Å². The van der Waals surface area contributed by atoms with Crippen molar-refractivity contribution in [1.29, 1.82) is 0 Å². The lowest BCUT2D eigenvalue weighted by molar-refractivity contribution is 0.310. The van der Waals surface area contributed by atoms with Crippen LogP contribution < -0.4 is 4.90 Å². The third-order valence-electron chi connectivity index (χ3n) is 4.23. The Hall–Kier alpha value is -1.75. The molecule has 2 aromatic rings. The number of aromatic nitrogens is 2. The maximum Gasteiger partial charge on any atom is 0.206 e. The first kappa shape index (κ1) is 14.2. The van der Waals surface area contributed by atoms with E-state index in [2.05, 4.69) is 28.3 Å². The Kier molecular flexibility index (Phi) is 4.01. The van der Waals surface area contributed by atoms with Gasteiger partial charge in [0, 0.05) is 38.8 Å². The molecule has 0 bridgehead atoms. The van der Waals surface area contributed by atoms with Gasteiger partial charge in [0.2, 0.25) is 5.95 Å². The first-order valence-electron chi connectivity index (χ1n) is 7.82. The number of unbranched alkanes of at least 4 members (excludes halogenated alkanes) is 1. The Balaban J connectivity index is 1.99. The number of piperazine rings is 1. The van der Waals surface area contributed by atoms with Gasteiger partial charge in [-0.3, -0.25) is 0 Å². The van der Waals surface area contributed by atoms with Crippen LogP contribution in [0.15, 0.2) is 18.2 Å². The molecule has 0 saturated carbocycles. The van der Waals surface area contributed by atoms with Crippen LogP contribution in [0.5, 0.6) is 5.75 Å². The molecule has 5 nitrogen and oxygen atoms in total. The van der Waals surface area contributed by atoms with Crippen molar-refractivity contribution >= 4 is 17.0 Å². The van der Waals surface area contributed by atoms with Crippen molar-refractivity contribution in [2.24, 2.45) is 0 Å². The van der Waals surface area contributed by atoms with E-state index < -0.39 is 0 Å². The Morgan fingerprint density at radius 2 is 1.95 bits per heavy atom. The van der Waals surface area contributed by atoms with Gasteiger partial charge in [-0.2, -0.15) is 0 Å². The molecule has 1 aliphatic rings. The lowest BCUT2D eigenvalue weighted by atomic mass is 10.3. The first-order chi connectivity index (χ1) is 10.2. The second-order valence-corrected chi connectivity index (χ2v) is 5.88. The highest BCUT2D eigenvalue weighted by atomic mass is 16.3. The van der Waals surface area contributed by atoms with Crippen molar-refractivity contribution in [3.8, 4) is 5.75 Å². The van der Waals surface area contributed by atoms with Gasteiger partial charge in [0.25, 0.3) is 0 Å². The van der Waals surface area contributed by atoms with Gasteiger partial charge in [-0.15, -0.1) is 0 Å². The van der Waals surface area contributed by atoms with Crippen LogP contribution >= 0.6 is 0 Å². The van der Waals surface area contributed by atoms with Crippen LogP contribution in [-0.2, 0) is 6.54 Å². The van der Waals surface area contributed by atoms with Gasteiger partial charge in [-0.1, -0.05) is 13.3 Å². The zero-order valence-electron chi connectivity index (χ0n) is 12.9. The highest BCUT2D eigenvalue weighted by Gasteiger charge is 2.20. The number of anilines is 1. The van der Waals surface area contributed by atoms with Gasteiger partial charge in [-0.05, 0) is 25.6 Å². The Morgan fingerprint density at radius 3 is 2.67 bits per heavy atom. The summed E-state index contributed by atoms with van der Waals surface area (Å²) in [6.07, 6.45) is 2.28. The van der Waals surface area contributed by atoms with Crippen molar-refractivity contribution in [2.45, 2.75) is 26.3 Å². The van der Waals surface area contributed by atoms with Crippen LogP contribution in [0, 0.1) is 0 Å². The molecule has 1 N–H and O–H groups in total. The molecule has 0 atom stereocenters. The molecule has 2 heterocycles. The van der Waals surface area contributed by atoms with Crippen molar-refractivity contribution in [3.63, 3.8) is 0 Å². The quantitative estimate of drug-likeness (QED) is 0.937. The van der Waals surface area contributed by atoms with Crippen LogP contribution in [0.2, 0.25) is 0 Å². The molecule has 0 unspecified atom stereocenters. The number of imidazole rings is 1. The lowest BCUT2D eigenvalue weighted by Gasteiger charge is -2.33. The first-order valence-corrected chi connectivity index (χ1v) is 7.82. The summed E-state index contributed by atoms with van der Waals surface area (Å²) in [7, 11) is 2.16. The van der Waals surface area contributed by atoms with E-state index in [0.717, 1.165) is 62.5 Å². The summed E-state index contributed by atoms with van der Waals surface area (Å²) >= 11 is 0. The van der Waals surface area contributed by atoms with Crippen molar-refractivity contribution in [3.05, 3.63) is 18.2 Å². The van der Waals surface area contributed by atoms with Gasteiger partial charge in [0.1, 0.15) is 5.75 Å². The Morgan fingerprint density at radius 1 is 1.19 bits per heavy atom. The highest BCUT2D eigenvalue weighted by Crippen LogP contribution is 2.27. The largest absolute Gasteiger partial charge is 0.508 e. The summed E-state index contributed by atoms with van der Waals surface area (Å²) in [4.78, 5) is 9.53. The molecule has 0 spiro atoms. The summed E-state index contributed by atoms with van der Waals surface area (Å²) in [6, 6.07) is 5.46. The number of nitrogens with zero attached hydrogens (tertiary/aromatic N) is 4. The summed E-state index contributed by atoms with van der Waals surface area (Å²) in [5.74, 6) is 1.36. The zero-order chi connectivity index (χ0) is 14.8. The molecule has 1 aromatic heterocycles. The minimum absolute atomic E-state index is 0.310. The second kappa shape index (κ2) is 5.93. The molecule has 21 heavy (non-hydrogen) atoms. The monoisotopic (exact) mass is 288 g/mol. The topological polar surface area (TPSA) is 44.5 Å². The molecular formula is C16H24N4O. The number of likely N-dealkylation sites (N-methyl/N-ethyl adjacent to an activating group) is 1. The van der Waals surface area contributed by atoms with E-state index >= 15 is 0 Å². The normalized spacial score (nSPS) is 16.8. The van der Waals surface area contributed by atoms with E-state index in [1.54, 1.807) is 6.07 Å². The minimum atomic E-state index is 0.310. The van der Waals surface area contributed by atoms with Crippen molar-refractivity contribution < 1.29 is 5.11 Å². The van der Waals surface area contributed by atoms with Crippen molar-refractivity contribution in [1.82, 2.24) is 14.5 Å². The maximum absolute atomic E-state index is 9.77.